The minimum atomic E-state index is -0.0628. The molecular formula is C18H23N3O. The summed E-state index contributed by atoms with van der Waals surface area (Å²) in [6.45, 7) is 6.38. The Bertz CT molecular complexity index is 673. The van der Waals surface area contributed by atoms with Crippen molar-refractivity contribution in [3.05, 3.63) is 47.8 Å². The van der Waals surface area contributed by atoms with E-state index in [2.05, 4.69) is 24.3 Å². The number of aromatic nitrogens is 2. The molecule has 0 aliphatic heterocycles. The lowest BCUT2D eigenvalue weighted by atomic mass is 9.87. The van der Waals surface area contributed by atoms with Crippen molar-refractivity contribution >= 4 is 5.91 Å². The molecule has 1 unspecified atom stereocenters. The first-order valence-corrected chi connectivity index (χ1v) is 7.90. The minimum absolute atomic E-state index is 0.0628. The SMILES string of the molecule is Cc1cn(-c2ccccc2)nc1C(=O)NC1CCCC1(C)C. The van der Waals surface area contributed by atoms with E-state index in [9.17, 15) is 4.79 Å². The third kappa shape index (κ3) is 2.78. The van der Waals surface area contributed by atoms with Gasteiger partial charge in [-0.2, -0.15) is 5.10 Å². The molecule has 1 atom stereocenters. The molecule has 1 saturated carbocycles. The topological polar surface area (TPSA) is 46.9 Å². The molecule has 4 nitrogen and oxygen atoms in total. The number of nitrogens with one attached hydrogen (secondary N) is 1. The Morgan fingerprint density at radius 3 is 2.68 bits per heavy atom. The first-order valence-electron chi connectivity index (χ1n) is 7.90. The molecule has 1 amide bonds. The molecule has 1 aromatic carbocycles. The van der Waals surface area contributed by atoms with Gasteiger partial charge in [0.15, 0.2) is 5.69 Å². The average Bonchev–Trinajstić information content (AvgIpc) is 3.03. The second kappa shape index (κ2) is 5.59. The number of carbonyl (C=O) groups is 1. The standard InChI is InChI=1S/C18H23N3O/c1-13-12-21(14-8-5-4-6-9-14)20-16(13)17(22)19-15-10-7-11-18(15,2)3/h4-6,8-9,12,15H,7,10-11H2,1-3H3,(H,19,22). The summed E-state index contributed by atoms with van der Waals surface area (Å²) in [5, 5.41) is 7.65. The molecule has 4 heteroatoms. The van der Waals surface area contributed by atoms with Crippen LogP contribution in [0.2, 0.25) is 0 Å². The summed E-state index contributed by atoms with van der Waals surface area (Å²) in [4.78, 5) is 12.6. The summed E-state index contributed by atoms with van der Waals surface area (Å²) >= 11 is 0. The van der Waals surface area contributed by atoms with Crippen molar-refractivity contribution in [2.24, 2.45) is 5.41 Å². The highest BCUT2D eigenvalue weighted by Crippen LogP contribution is 2.37. The van der Waals surface area contributed by atoms with Crippen molar-refractivity contribution in [3.63, 3.8) is 0 Å². The van der Waals surface area contributed by atoms with Crippen LogP contribution in [0.25, 0.3) is 5.69 Å². The van der Waals surface area contributed by atoms with Crippen LogP contribution < -0.4 is 5.32 Å². The van der Waals surface area contributed by atoms with E-state index in [1.165, 1.54) is 6.42 Å². The van der Waals surface area contributed by atoms with Gasteiger partial charge in [-0.3, -0.25) is 4.79 Å². The Morgan fingerprint density at radius 2 is 2.05 bits per heavy atom. The van der Waals surface area contributed by atoms with E-state index in [0.717, 1.165) is 24.1 Å². The number of nitrogens with zero attached hydrogens (tertiary/aromatic N) is 2. The van der Waals surface area contributed by atoms with E-state index >= 15 is 0 Å². The van der Waals surface area contributed by atoms with Crippen molar-refractivity contribution in [1.29, 1.82) is 0 Å². The number of para-hydroxylation sites is 1. The van der Waals surface area contributed by atoms with Crippen molar-refractivity contribution < 1.29 is 4.79 Å². The number of hydrogen-bond acceptors (Lipinski definition) is 2. The fourth-order valence-corrected chi connectivity index (χ4v) is 3.22. The summed E-state index contributed by atoms with van der Waals surface area (Å²) in [7, 11) is 0. The average molecular weight is 297 g/mol. The molecule has 1 fully saturated rings. The number of benzene rings is 1. The van der Waals surface area contributed by atoms with E-state index in [4.69, 9.17) is 0 Å². The fraction of sp³-hybridized carbons (Fsp3) is 0.444. The lowest BCUT2D eigenvalue weighted by Crippen LogP contribution is -2.41. The summed E-state index contributed by atoms with van der Waals surface area (Å²) < 4.78 is 1.77. The van der Waals surface area contributed by atoms with Gasteiger partial charge in [0.1, 0.15) is 0 Å². The molecule has 2 aromatic rings. The molecule has 1 aromatic heterocycles. The lowest BCUT2D eigenvalue weighted by Gasteiger charge is -2.27. The molecule has 0 spiro atoms. The second-order valence-corrected chi connectivity index (χ2v) is 6.85. The van der Waals surface area contributed by atoms with Gasteiger partial charge >= 0.3 is 0 Å². The number of aryl methyl sites for hydroxylation is 1. The Balaban J connectivity index is 1.80. The number of hydrogen-bond donors (Lipinski definition) is 1. The van der Waals surface area contributed by atoms with Crippen LogP contribution in [-0.2, 0) is 0 Å². The Labute approximate surface area is 131 Å². The zero-order valence-corrected chi connectivity index (χ0v) is 13.5. The van der Waals surface area contributed by atoms with Crippen molar-refractivity contribution in [2.45, 2.75) is 46.1 Å². The van der Waals surface area contributed by atoms with Crippen molar-refractivity contribution in [3.8, 4) is 5.69 Å². The summed E-state index contributed by atoms with van der Waals surface area (Å²) in [6.07, 6.45) is 5.30. The molecule has 0 radical (unpaired) electrons. The van der Waals surface area contributed by atoms with Crippen LogP contribution in [0.1, 0.15) is 49.2 Å². The molecule has 0 saturated heterocycles. The van der Waals surface area contributed by atoms with Crippen LogP contribution in [0.5, 0.6) is 0 Å². The van der Waals surface area contributed by atoms with Gasteiger partial charge in [0.25, 0.3) is 5.91 Å². The van der Waals surface area contributed by atoms with Crippen LogP contribution in [0.15, 0.2) is 36.5 Å². The summed E-state index contributed by atoms with van der Waals surface area (Å²) in [6, 6.07) is 10.1. The van der Waals surface area contributed by atoms with Crippen LogP contribution >= 0.6 is 0 Å². The summed E-state index contributed by atoms with van der Waals surface area (Å²) in [5.41, 5.74) is 2.56. The van der Waals surface area contributed by atoms with Gasteiger partial charge in [-0.05, 0) is 37.3 Å². The predicted molar refractivity (Wildman–Crippen MR) is 87.2 cm³/mol. The zero-order chi connectivity index (χ0) is 15.7. The molecule has 1 heterocycles. The van der Waals surface area contributed by atoms with Crippen LogP contribution in [0, 0.1) is 12.3 Å². The van der Waals surface area contributed by atoms with E-state index in [0.29, 0.717) is 5.69 Å². The van der Waals surface area contributed by atoms with Gasteiger partial charge in [-0.15, -0.1) is 0 Å². The Hall–Kier alpha value is -2.10. The zero-order valence-electron chi connectivity index (χ0n) is 13.5. The van der Waals surface area contributed by atoms with E-state index < -0.39 is 0 Å². The van der Waals surface area contributed by atoms with Gasteiger partial charge in [0.05, 0.1) is 5.69 Å². The summed E-state index contributed by atoms with van der Waals surface area (Å²) in [5.74, 6) is -0.0628. The van der Waals surface area contributed by atoms with Gasteiger partial charge in [0, 0.05) is 17.8 Å². The first-order chi connectivity index (χ1) is 10.5. The predicted octanol–water partition coefficient (Wildman–Crippen LogP) is 3.49. The highest BCUT2D eigenvalue weighted by molar-refractivity contribution is 5.93. The Kier molecular flexibility index (Phi) is 3.77. The molecule has 1 aliphatic carbocycles. The monoisotopic (exact) mass is 297 g/mol. The largest absolute Gasteiger partial charge is 0.347 e. The minimum Gasteiger partial charge on any atom is -0.347 e. The number of carbonyl (C=O) groups excluding carboxylic acids is 1. The quantitative estimate of drug-likeness (QED) is 0.942. The first kappa shape index (κ1) is 14.8. The highest BCUT2D eigenvalue weighted by Gasteiger charge is 2.36. The van der Waals surface area contributed by atoms with Gasteiger partial charge in [-0.1, -0.05) is 38.5 Å². The van der Waals surface area contributed by atoms with Crippen molar-refractivity contribution in [1.82, 2.24) is 15.1 Å². The van der Waals surface area contributed by atoms with Gasteiger partial charge < -0.3 is 5.32 Å². The van der Waals surface area contributed by atoms with Crippen molar-refractivity contribution in [2.75, 3.05) is 0 Å². The maximum Gasteiger partial charge on any atom is 0.272 e. The molecule has 3 rings (SSSR count). The van der Waals surface area contributed by atoms with E-state index in [-0.39, 0.29) is 17.4 Å². The number of amides is 1. The molecule has 1 N–H and O–H groups in total. The van der Waals surface area contributed by atoms with Crippen LogP contribution in [0.3, 0.4) is 0 Å². The number of rotatable bonds is 3. The lowest BCUT2D eigenvalue weighted by molar-refractivity contribution is 0.0904. The normalized spacial score (nSPS) is 20.0. The molecular weight excluding hydrogens is 274 g/mol. The third-order valence-electron chi connectivity index (χ3n) is 4.70. The fourth-order valence-electron chi connectivity index (χ4n) is 3.22. The maximum absolute atomic E-state index is 12.6. The Morgan fingerprint density at radius 1 is 1.32 bits per heavy atom. The molecule has 1 aliphatic rings. The third-order valence-corrected chi connectivity index (χ3v) is 4.70. The highest BCUT2D eigenvalue weighted by atomic mass is 16.2. The maximum atomic E-state index is 12.6. The van der Waals surface area contributed by atoms with Gasteiger partial charge in [-0.25, -0.2) is 4.68 Å². The van der Waals surface area contributed by atoms with Crippen LogP contribution in [0.4, 0.5) is 0 Å². The molecule has 116 valence electrons. The van der Waals surface area contributed by atoms with Crippen LogP contribution in [-0.4, -0.2) is 21.7 Å². The smallest absolute Gasteiger partial charge is 0.272 e. The second-order valence-electron chi connectivity index (χ2n) is 6.85. The van der Waals surface area contributed by atoms with Gasteiger partial charge in [0.2, 0.25) is 0 Å². The van der Waals surface area contributed by atoms with E-state index in [1.807, 2.05) is 43.5 Å². The molecule has 0 bridgehead atoms. The van der Waals surface area contributed by atoms with E-state index in [1.54, 1.807) is 4.68 Å². The molecule has 22 heavy (non-hydrogen) atoms.